The number of nitrogens with zero attached hydrogens (tertiary/aromatic N) is 2. The number of H-pyrrole nitrogens is 1. The van der Waals surface area contributed by atoms with Crippen molar-refractivity contribution in [2.75, 3.05) is 6.61 Å². The molecule has 0 saturated carbocycles. The monoisotopic (exact) mass is 321 g/mol. The minimum absolute atomic E-state index is 0.282. The predicted molar refractivity (Wildman–Crippen MR) is 95.2 cm³/mol. The van der Waals surface area contributed by atoms with Crippen LogP contribution in [0.15, 0.2) is 48.8 Å². The van der Waals surface area contributed by atoms with Gasteiger partial charge in [0.05, 0.1) is 6.10 Å². The molecule has 0 radical (unpaired) electrons. The van der Waals surface area contributed by atoms with Crippen molar-refractivity contribution in [1.29, 1.82) is 0 Å². The molecule has 24 heavy (non-hydrogen) atoms. The highest BCUT2D eigenvalue weighted by Gasteiger charge is 2.12. The number of hydrogen-bond donors (Lipinski definition) is 2. The minimum Gasteiger partial charge on any atom is -0.491 e. The Kier molecular flexibility index (Phi) is 3.50. The molecule has 0 aliphatic carbocycles. The summed E-state index contributed by atoms with van der Waals surface area (Å²) < 4.78 is 7.75. The van der Waals surface area contributed by atoms with Crippen molar-refractivity contribution in [2.45, 2.75) is 13.0 Å². The van der Waals surface area contributed by atoms with Crippen LogP contribution in [0.4, 0.5) is 0 Å². The SMILES string of the molecule is CC(O)COc1ccc2c(c1)c(-c1cc3cccnc3[nH]1)cn2C. The second-order valence-electron chi connectivity index (χ2n) is 6.12. The van der Waals surface area contributed by atoms with Gasteiger partial charge in [0, 0.05) is 47.0 Å². The first-order chi connectivity index (χ1) is 11.6. The average molecular weight is 321 g/mol. The van der Waals surface area contributed by atoms with Crippen molar-refractivity contribution in [1.82, 2.24) is 14.5 Å². The van der Waals surface area contributed by atoms with E-state index in [0.717, 1.165) is 38.9 Å². The zero-order valence-corrected chi connectivity index (χ0v) is 13.7. The molecule has 0 aliphatic rings. The van der Waals surface area contributed by atoms with Crippen LogP contribution < -0.4 is 4.74 Å². The van der Waals surface area contributed by atoms with E-state index in [4.69, 9.17) is 4.74 Å². The smallest absolute Gasteiger partial charge is 0.137 e. The van der Waals surface area contributed by atoms with Crippen LogP contribution in [0.3, 0.4) is 0 Å². The van der Waals surface area contributed by atoms with Crippen LogP contribution in [-0.4, -0.2) is 32.4 Å². The lowest BCUT2D eigenvalue weighted by Crippen LogP contribution is -2.12. The minimum atomic E-state index is -0.490. The predicted octanol–water partition coefficient (Wildman–Crippen LogP) is 3.48. The number of aryl methyl sites for hydroxylation is 1. The Morgan fingerprint density at radius 3 is 2.96 bits per heavy atom. The molecule has 0 spiro atoms. The molecule has 2 N–H and O–H groups in total. The summed E-state index contributed by atoms with van der Waals surface area (Å²) in [6, 6.07) is 12.1. The van der Waals surface area contributed by atoms with Crippen molar-refractivity contribution in [3.8, 4) is 17.0 Å². The number of aromatic nitrogens is 3. The highest BCUT2D eigenvalue weighted by atomic mass is 16.5. The number of aliphatic hydroxyl groups excluding tert-OH is 1. The maximum Gasteiger partial charge on any atom is 0.137 e. The number of aliphatic hydroxyl groups is 1. The molecule has 3 aromatic heterocycles. The van der Waals surface area contributed by atoms with Crippen molar-refractivity contribution in [3.05, 3.63) is 48.8 Å². The van der Waals surface area contributed by atoms with Crippen molar-refractivity contribution < 1.29 is 9.84 Å². The third-order valence-electron chi connectivity index (χ3n) is 4.13. The van der Waals surface area contributed by atoms with E-state index in [-0.39, 0.29) is 6.61 Å². The second kappa shape index (κ2) is 5.69. The molecule has 0 aliphatic heterocycles. The zero-order chi connectivity index (χ0) is 16.7. The highest BCUT2D eigenvalue weighted by Crippen LogP contribution is 2.33. The third-order valence-corrected chi connectivity index (χ3v) is 4.13. The topological polar surface area (TPSA) is 63.1 Å². The first-order valence-corrected chi connectivity index (χ1v) is 7.96. The van der Waals surface area contributed by atoms with Crippen molar-refractivity contribution in [2.24, 2.45) is 7.05 Å². The third kappa shape index (κ3) is 2.53. The van der Waals surface area contributed by atoms with Gasteiger partial charge in [-0.05, 0) is 43.3 Å². The number of fused-ring (bicyclic) bond motifs is 2. The van der Waals surface area contributed by atoms with Crippen LogP contribution >= 0.6 is 0 Å². The lowest BCUT2D eigenvalue weighted by Gasteiger charge is -2.08. The lowest BCUT2D eigenvalue weighted by molar-refractivity contribution is 0.123. The molecular weight excluding hydrogens is 302 g/mol. The van der Waals surface area contributed by atoms with Gasteiger partial charge in [0.2, 0.25) is 0 Å². The fourth-order valence-electron chi connectivity index (χ4n) is 3.00. The molecule has 3 heterocycles. The van der Waals surface area contributed by atoms with Gasteiger partial charge in [-0.3, -0.25) is 0 Å². The number of ether oxygens (including phenoxy) is 1. The normalized spacial score (nSPS) is 12.8. The molecular formula is C19H19N3O2. The van der Waals surface area contributed by atoms with Crippen LogP contribution in [0.25, 0.3) is 33.2 Å². The molecule has 5 heteroatoms. The van der Waals surface area contributed by atoms with Gasteiger partial charge in [-0.1, -0.05) is 0 Å². The molecule has 0 fully saturated rings. The molecule has 4 rings (SSSR count). The average Bonchev–Trinajstić information content (AvgIpc) is 3.14. The fourth-order valence-corrected chi connectivity index (χ4v) is 3.00. The van der Waals surface area contributed by atoms with Crippen LogP contribution in [0, 0.1) is 0 Å². The number of pyridine rings is 1. The van der Waals surface area contributed by atoms with Gasteiger partial charge in [-0.15, -0.1) is 0 Å². The summed E-state index contributed by atoms with van der Waals surface area (Å²) in [4.78, 5) is 7.75. The van der Waals surface area contributed by atoms with Gasteiger partial charge in [0.1, 0.15) is 18.0 Å². The summed E-state index contributed by atoms with van der Waals surface area (Å²) in [7, 11) is 2.03. The van der Waals surface area contributed by atoms with Crippen molar-refractivity contribution >= 4 is 21.9 Å². The number of benzene rings is 1. The number of nitrogens with one attached hydrogen (secondary N) is 1. The maximum atomic E-state index is 9.40. The fraction of sp³-hybridized carbons (Fsp3) is 0.211. The standard InChI is InChI=1S/C19H19N3O2/c1-12(23)11-24-14-5-6-18-15(9-14)16(10-22(18)2)17-8-13-4-3-7-20-19(13)21-17/h3-10,12,23H,11H2,1-2H3,(H,20,21). The van der Waals surface area contributed by atoms with E-state index in [0.29, 0.717) is 0 Å². The summed E-state index contributed by atoms with van der Waals surface area (Å²) in [5, 5.41) is 11.6. The van der Waals surface area contributed by atoms with E-state index in [2.05, 4.69) is 26.8 Å². The molecule has 122 valence electrons. The lowest BCUT2D eigenvalue weighted by atomic mass is 10.1. The van der Waals surface area contributed by atoms with E-state index < -0.39 is 6.10 Å². The molecule has 4 aromatic rings. The number of aromatic amines is 1. The maximum absolute atomic E-state index is 9.40. The van der Waals surface area contributed by atoms with Crippen LogP contribution in [-0.2, 0) is 7.05 Å². The molecule has 1 atom stereocenters. The highest BCUT2D eigenvalue weighted by molar-refractivity contribution is 5.98. The van der Waals surface area contributed by atoms with E-state index in [1.807, 2.05) is 37.4 Å². The van der Waals surface area contributed by atoms with Gasteiger partial charge < -0.3 is 19.4 Å². The van der Waals surface area contributed by atoms with Gasteiger partial charge in [0.15, 0.2) is 0 Å². The van der Waals surface area contributed by atoms with Crippen LogP contribution in [0.5, 0.6) is 5.75 Å². The van der Waals surface area contributed by atoms with Crippen LogP contribution in [0.2, 0.25) is 0 Å². The second-order valence-corrected chi connectivity index (χ2v) is 6.12. The molecule has 1 aromatic carbocycles. The number of hydrogen-bond acceptors (Lipinski definition) is 3. The Labute approximate surface area is 139 Å². The Balaban J connectivity index is 1.83. The van der Waals surface area contributed by atoms with E-state index in [1.54, 1.807) is 13.1 Å². The quantitative estimate of drug-likeness (QED) is 0.605. The van der Waals surface area contributed by atoms with E-state index >= 15 is 0 Å². The summed E-state index contributed by atoms with van der Waals surface area (Å²) in [5.74, 6) is 0.755. The first kappa shape index (κ1) is 14.8. The van der Waals surface area contributed by atoms with Gasteiger partial charge in [-0.2, -0.15) is 0 Å². The van der Waals surface area contributed by atoms with Crippen molar-refractivity contribution in [3.63, 3.8) is 0 Å². The Hall–Kier alpha value is -2.79. The molecule has 1 unspecified atom stereocenters. The largest absolute Gasteiger partial charge is 0.491 e. The molecule has 0 saturated heterocycles. The summed E-state index contributed by atoms with van der Waals surface area (Å²) in [6.45, 7) is 1.99. The Morgan fingerprint density at radius 2 is 2.17 bits per heavy atom. The van der Waals surface area contributed by atoms with Gasteiger partial charge in [-0.25, -0.2) is 4.98 Å². The first-order valence-electron chi connectivity index (χ1n) is 7.96. The summed E-state index contributed by atoms with van der Waals surface area (Å²) in [6.07, 6.45) is 3.40. The summed E-state index contributed by atoms with van der Waals surface area (Å²) >= 11 is 0. The van der Waals surface area contributed by atoms with Gasteiger partial charge >= 0.3 is 0 Å². The van der Waals surface area contributed by atoms with Crippen LogP contribution in [0.1, 0.15) is 6.92 Å². The Morgan fingerprint density at radius 1 is 1.29 bits per heavy atom. The molecule has 0 amide bonds. The zero-order valence-electron chi connectivity index (χ0n) is 13.7. The van der Waals surface area contributed by atoms with E-state index in [1.165, 1.54) is 0 Å². The summed E-state index contributed by atoms with van der Waals surface area (Å²) in [5.41, 5.74) is 4.14. The Bertz CT molecular complexity index is 981. The number of rotatable bonds is 4. The molecule has 5 nitrogen and oxygen atoms in total. The molecule has 0 bridgehead atoms. The van der Waals surface area contributed by atoms with Gasteiger partial charge in [0.25, 0.3) is 0 Å². The van der Waals surface area contributed by atoms with E-state index in [9.17, 15) is 5.11 Å².